The molecule has 1 aromatic carbocycles. The summed E-state index contributed by atoms with van der Waals surface area (Å²) in [7, 11) is 0. The van der Waals surface area contributed by atoms with Crippen LogP contribution >= 0.6 is 27.7 Å². The summed E-state index contributed by atoms with van der Waals surface area (Å²) in [5.41, 5.74) is 1.08. The molecule has 0 bridgehead atoms. The number of carbonyl (C=O) groups is 1. The van der Waals surface area contributed by atoms with Gasteiger partial charge in [-0.05, 0) is 24.1 Å². The topological polar surface area (TPSA) is 49.3 Å². The highest BCUT2D eigenvalue weighted by Crippen LogP contribution is 2.37. The quantitative estimate of drug-likeness (QED) is 0.834. The van der Waals surface area contributed by atoms with Crippen molar-refractivity contribution in [3.05, 3.63) is 28.2 Å². The Hall–Kier alpha value is -0.680. The molecular weight excluding hydrogens is 278 g/mol. The SMILES string of the molecule is O=C(O)NC1CCSc2cc(Br)ccc21. The van der Waals surface area contributed by atoms with Gasteiger partial charge in [-0.25, -0.2) is 4.79 Å². The highest BCUT2D eigenvalue weighted by atomic mass is 79.9. The molecule has 1 aliphatic rings. The third-order valence-electron chi connectivity index (χ3n) is 2.31. The number of nitrogens with one attached hydrogen (secondary N) is 1. The van der Waals surface area contributed by atoms with Gasteiger partial charge in [0.05, 0.1) is 6.04 Å². The van der Waals surface area contributed by atoms with Gasteiger partial charge >= 0.3 is 6.09 Å². The second-order valence-corrected chi connectivity index (χ2v) is 5.37. The molecule has 1 atom stereocenters. The third kappa shape index (κ3) is 2.46. The summed E-state index contributed by atoms with van der Waals surface area (Å²) in [5, 5.41) is 11.3. The number of amides is 1. The summed E-state index contributed by atoms with van der Waals surface area (Å²) in [6.45, 7) is 0. The van der Waals surface area contributed by atoms with Gasteiger partial charge in [0.1, 0.15) is 0 Å². The minimum absolute atomic E-state index is 0.0631. The van der Waals surface area contributed by atoms with E-state index in [-0.39, 0.29) is 6.04 Å². The predicted molar refractivity (Wildman–Crippen MR) is 63.4 cm³/mol. The second-order valence-electron chi connectivity index (χ2n) is 3.32. The highest BCUT2D eigenvalue weighted by molar-refractivity contribution is 9.10. The fourth-order valence-corrected chi connectivity index (χ4v) is 3.34. The van der Waals surface area contributed by atoms with Crippen molar-refractivity contribution in [3.63, 3.8) is 0 Å². The molecule has 3 nitrogen and oxygen atoms in total. The van der Waals surface area contributed by atoms with Gasteiger partial charge in [-0.2, -0.15) is 0 Å². The maximum Gasteiger partial charge on any atom is 0.405 e. The van der Waals surface area contributed by atoms with E-state index in [2.05, 4.69) is 21.2 Å². The molecule has 80 valence electrons. The normalized spacial score (nSPS) is 19.4. The molecule has 1 aromatic rings. The molecule has 1 amide bonds. The molecule has 15 heavy (non-hydrogen) atoms. The Kier molecular flexibility index (Phi) is 3.21. The molecule has 2 N–H and O–H groups in total. The lowest BCUT2D eigenvalue weighted by atomic mass is 10.0. The lowest BCUT2D eigenvalue weighted by molar-refractivity contribution is 0.189. The van der Waals surface area contributed by atoms with Crippen molar-refractivity contribution in [2.75, 3.05) is 5.75 Å². The number of halogens is 1. The Morgan fingerprint density at radius 3 is 3.13 bits per heavy atom. The number of rotatable bonds is 1. The average molecular weight is 288 g/mol. The molecular formula is C10H10BrNO2S. The molecule has 0 aliphatic carbocycles. The van der Waals surface area contributed by atoms with Gasteiger partial charge in [-0.1, -0.05) is 22.0 Å². The maximum atomic E-state index is 10.6. The van der Waals surface area contributed by atoms with E-state index in [1.165, 1.54) is 0 Å². The van der Waals surface area contributed by atoms with Crippen LogP contribution in [0.15, 0.2) is 27.6 Å². The first-order valence-electron chi connectivity index (χ1n) is 4.58. The molecule has 2 rings (SSSR count). The van der Waals surface area contributed by atoms with Gasteiger partial charge in [0.2, 0.25) is 0 Å². The Balaban J connectivity index is 2.30. The van der Waals surface area contributed by atoms with Crippen molar-refractivity contribution in [2.45, 2.75) is 17.4 Å². The summed E-state index contributed by atoms with van der Waals surface area (Å²) < 4.78 is 1.03. The van der Waals surface area contributed by atoms with E-state index in [0.29, 0.717) is 0 Å². The van der Waals surface area contributed by atoms with E-state index in [1.54, 1.807) is 11.8 Å². The largest absolute Gasteiger partial charge is 0.465 e. The first-order valence-corrected chi connectivity index (χ1v) is 6.36. The van der Waals surface area contributed by atoms with Crippen LogP contribution in [0.4, 0.5) is 4.79 Å². The van der Waals surface area contributed by atoms with Gasteiger partial charge in [-0.3, -0.25) is 0 Å². The van der Waals surface area contributed by atoms with E-state index < -0.39 is 6.09 Å². The van der Waals surface area contributed by atoms with Crippen LogP contribution < -0.4 is 5.32 Å². The number of carboxylic acid groups (broad SMARTS) is 1. The van der Waals surface area contributed by atoms with Crippen molar-refractivity contribution in [2.24, 2.45) is 0 Å². The monoisotopic (exact) mass is 287 g/mol. The molecule has 0 saturated heterocycles. The molecule has 1 unspecified atom stereocenters. The lowest BCUT2D eigenvalue weighted by Gasteiger charge is -2.24. The zero-order valence-electron chi connectivity index (χ0n) is 7.87. The summed E-state index contributed by atoms with van der Waals surface area (Å²) in [6.07, 6.45) is -0.105. The molecule has 0 radical (unpaired) electrons. The van der Waals surface area contributed by atoms with E-state index in [0.717, 1.165) is 27.1 Å². The van der Waals surface area contributed by atoms with Gasteiger partial charge in [-0.15, -0.1) is 11.8 Å². The van der Waals surface area contributed by atoms with Crippen LogP contribution in [-0.2, 0) is 0 Å². The average Bonchev–Trinajstić information content (AvgIpc) is 2.16. The maximum absolute atomic E-state index is 10.6. The Labute approximate surface area is 100 Å². The fraction of sp³-hybridized carbons (Fsp3) is 0.300. The third-order valence-corrected chi connectivity index (χ3v) is 3.91. The summed E-state index contributed by atoms with van der Waals surface area (Å²) in [5.74, 6) is 0.953. The predicted octanol–water partition coefficient (Wildman–Crippen LogP) is 3.25. The fourth-order valence-electron chi connectivity index (χ4n) is 1.66. The van der Waals surface area contributed by atoms with E-state index >= 15 is 0 Å². The number of thioether (sulfide) groups is 1. The Morgan fingerprint density at radius 2 is 2.40 bits per heavy atom. The van der Waals surface area contributed by atoms with Crippen LogP contribution in [0, 0.1) is 0 Å². The molecule has 0 saturated carbocycles. The van der Waals surface area contributed by atoms with Gasteiger partial charge in [0.15, 0.2) is 0 Å². The smallest absolute Gasteiger partial charge is 0.405 e. The number of hydrogen-bond donors (Lipinski definition) is 2. The Bertz CT molecular complexity index is 397. The van der Waals surface area contributed by atoms with Crippen LogP contribution in [-0.4, -0.2) is 17.0 Å². The molecule has 1 aliphatic heterocycles. The van der Waals surface area contributed by atoms with Gasteiger partial charge in [0, 0.05) is 15.1 Å². The van der Waals surface area contributed by atoms with Crippen LogP contribution in [0.1, 0.15) is 18.0 Å². The van der Waals surface area contributed by atoms with Crippen LogP contribution in [0.2, 0.25) is 0 Å². The van der Waals surface area contributed by atoms with Gasteiger partial charge in [0.25, 0.3) is 0 Å². The zero-order valence-corrected chi connectivity index (χ0v) is 10.3. The Morgan fingerprint density at radius 1 is 1.60 bits per heavy atom. The van der Waals surface area contributed by atoms with Crippen LogP contribution in [0.3, 0.4) is 0 Å². The van der Waals surface area contributed by atoms with E-state index in [9.17, 15) is 4.79 Å². The molecule has 1 heterocycles. The lowest BCUT2D eigenvalue weighted by Crippen LogP contribution is -2.29. The molecule has 0 aromatic heterocycles. The van der Waals surface area contributed by atoms with E-state index in [1.807, 2.05) is 18.2 Å². The van der Waals surface area contributed by atoms with Crippen molar-refractivity contribution < 1.29 is 9.90 Å². The minimum atomic E-state index is -0.958. The van der Waals surface area contributed by atoms with Crippen molar-refractivity contribution in [1.82, 2.24) is 5.32 Å². The standard InChI is InChI=1S/C10H10BrNO2S/c11-6-1-2-7-8(12-10(13)14)3-4-15-9(7)5-6/h1-2,5,8,12H,3-4H2,(H,13,14). The zero-order chi connectivity index (χ0) is 10.8. The molecule has 0 fully saturated rings. The first kappa shape index (κ1) is 10.8. The number of hydrogen-bond acceptors (Lipinski definition) is 2. The summed E-state index contributed by atoms with van der Waals surface area (Å²) in [6, 6.07) is 5.90. The molecule has 5 heteroatoms. The first-order chi connectivity index (χ1) is 7.16. The van der Waals surface area contributed by atoms with E-state index in [4.69, 9.17) is 5.11 Å². The van der Waals surface area contributed by atoms with Gasteiger partial charge < -0.3 is 10.4 Å². The van der Waals surface area contributed by atoms with Crippen LogP contribution in [0.25, 0.3) is 0 Å². The summed E-state index contributed by atoms with van der Waals surface area (Å²) >= 11 is 5.18. The highest BCUT2D eigenvalue weighted by Gasteiger charge is 2.21. The second kappa shape index (κ2) is 4.45. The van der Waals surface area contributed by atoms with Crippen molar-refractivity contribution in [1.29, 1.82) is 0 Å². The molecule has 0 spiro atoms. The van der Waals surface area contributed by atoms with Crippen molar-refractivity contribution in [3.8, 4) is 0 Å². The number of benzene rings is 1. The summed E-state index contributed by atoms with van der Waals surface area (Å²) in [4.78, 5) is 11.8. The van der Waals surface area contributed by atoms with Crippen LogP contribution in [0.5, 0.6) is 0 Å². The number of fused-ring (bicyclic) bond motifs is 1. The minimum Gasteiger partial charge on any atom is -0.465 e. The van der Waals surface area contributed by atoms with Crippen molar-refractivity contribution >= 4 is 33.8 Å².